The first-order chi connectivity index (χ1) is 6.01. The molecule has 0 atom stereocenters. The average molecular weight is 202 g/mol. The van der Waals surface area contributed by atoms with Gasteiger partial charge in [0.2, 0.25) is 0 Å². The topological polar surface area (TPSA) is 12.2 Å². The normalized spacial score (nSPS) is 11.2. The summed E-state index contributed by atoms with van der Waals surface area (Å²) in [6, 6.07) is 3.64. The van der Waals surface area contributed by atoms with Gasteiger partial charge >= 0.3 is 5.90 Å². The van der Waals surface area contributed by atoms with E-state index >= 15 is 0 Å². The van der Waals surface area contributed by atoms with E-state index in [-0.39, 0.29) is 0 Å². The lowest BCUT2D eigenvalue weighted by Gasteiger charge is -2.26. The average Bonchev–Trinajstić information content (AvgIpc) is 2.14. The van der Waals surface area contributed by atoms with E-state index in [2.05, 4.69) is 32.3 Å². The molecule has 0 aromatic heterocycles. The summed E-state index contributed by atoms with van der Waals surface area (Å²) in [5, 5.41) is 0. The van der Waals surface area contributed by atoms with Crippen LogP contribution in [0.5, 0.6) is 0 Å². The molecule has 0 aromatic rings. The van der Waals surface area contributed by atoms with Crippen LogP contribution < -0.4 is 0 Å². The van der Waals surface area contributed by atoms with Gasteiger partial charge in [-0.3, -0.25) is 0 Å². The molecule has 0 spiro atoms. The SMILES string of the molecule is CC[Si](CC)(CC)OC(C)=[N+](C)C. The zero-order valence-electron chi connectivity index (χ0n) is 9.98. The standard InChI is InChI=1S/C10H24NOSi/c1-7-13(8-2,9-3)12-10(4)11(5)6/h7-9H2,1-6H3/q+1. The summed E-state index contributed by atoms with van der Waals surface area (Å²) in [5.41, 5.74) is 0. The third kappa shape index (κ3) is 3.51. The van der Waals surface area contributed by atoms with Gasteiger partial charge in [0.05, 0.1) is 6.92 Å². The summed E-state index contributed by atoms with van der Waals surface area (Å²) < 4.78 is 8.19. The smallest absolute Gasteiger partial charge is 0.319 e. The van der Waals surface area contributed by atoms with Gasteiger partial charge in [-0.1, -0.05) is 20.8 Å². The fourth-order valence-electron chi connectivity index (χ4n) is 1.37. The van der Waals surface area contributed by atoms with Crippen molar-refractivity contribution in [3.63, 3.8) is 0 Å². The molecule has 0 bridgehead atoms. The van der Waals surface area contributed by atoms with Crippen LogP contribution in [0.4, 0.5) is 0 Å². The van der Waals surface area contributed by atoms with Crippen LogP contribution in [0.3, 0.4) is 0 Å². The Hall–Kier alpha value is -0.313. The number of rotatable bonds is 4. The minimum absolute atomic E-state index is 1.07. The fourth-order valence-corrected chi connectivity index (χ4v) is 4.11. The van der Waals surface area contributed by atoms with Gasteiger partial charge in [0.1, 0.15) is 14.1 Å². The number of hydrogen-bond acceptors (Lipinski definition) is 1. The van der Waals surface area contributed by atoms with Crippen molar-refractivity contribution < 1.29 is 9.00 Å². The van der Waals surface area contributed by atoms with Crippen molar-refractivity contribution in [3.8, 4) is 0 Å². The Balaban J connectivity index is 4.52. The molecule has 3 heteroatoms. The Bertz CT molecular complexity index is 173. The first-order valence-electron chi connectivity index (χ1n) is 5.21. The van der Waals surface area contributed by atoms with Gasteiger partial charge < -0.3 is 4.43 Å². The molecule has 0 fully saturated rings. The number of nitrogens with zero attached hydrogens (tertiary/aromatic N) is 1. The van der Waals surface area contributed by atoms with Crippen LogP contribution in [0.1, 0.15) is 27.7 Å². The zero-order chi connectivity index (χ0) is 10.5. The fraction of sp³-hybridized carbons (Fsp3) is 0.900. The largest absolute Gasteiger partial charge is 0.502 e. The maximum Gasteiger partial charge on any atom is 0.319 e. The maximum atomic E-state index is 6.13. The Morgan fingerprint density at radius 2 is 1.46 bits per heavy atom. The first kappa shape index (κ1) is 12.7. The highest BCUT2D eigenvalue weighted by Crippen LogP contribution is 2.21. The van der Waals surface area contributed by atoms with E-state index < -0.39 is 8.32 Å². The van der Waals surface area contributed by atoms with E-state index in [0.29, 0.717) is 0 Å². The second-order valence-electron chi connectivity index (χ2n) is 3.76. The summed E-state index contributed by atoms with van der Waals surface area (Å²) in [5.74, 6) is 1.07. The van der Waals surface area contributed by atoms with Gasteiger partial charge in [0, 0.05) is 0 Å². The molecule has 0 aromatic carbocycles. The van der Waals surface area contributed by atoms with Crippen molar-refractivity contribution in [1.29, 1.82) is 0 Å². The maximum absolute atomic E-state index is 6.13. The Kier molecular flexibility index (Phi) is 5.29. The van der Waals surface area contributed by atoms with Crippen molar-refractivity contribution in [2.75, 3.05) is 14.1 Å². The van der Waals surface area contributed by atoms with Crippen LogP contribution in [0, 0.1) is 0 Å². The van der Waals surface area contributed by atoms with Crippen molar-refractivity contribution in [1.82, 2.24) is 0 Å². The van der Waals surface area contributed by atoms with Gasteiger partial charge in [-0.2, -0.15) is 0 Å². The lowest BCUT2D eigenvalue weighted by atomic mass is 10.7. The van der Waals surface area contributed by atoms with E-state index in [1.54, 1.807) is 0 Å². The molecule has 0 radical (unpaired) electrons. The first-order valence-corrected chi connectivity index (χ1v) is 7.74. The Labute approximate surface area is 83.7 Å². The Morgan fingerprint density at radius 3 is 1.69 bits per heavy atom. The monoisotopic (exact) mass is 202 g/mol. The summed E-state index contributed by atoms with van der Waals surface area (Å²) in [4.78, 5) is 0. The minimum Gasteiger partial charge on any atom is -0.502 e. The quantitative estimate of drug-likeness (QED) is 0.295. The third-order valence-electron chi connectivity index (χ3n) is 2.93. The minimum atomic E-state index is -1.42. The van der Waals surface area contributed by atoms with Crippen molar-refractivity contribution in [2.45, 2.75) is 45.8 Å². The molecular weight excluding hydrogens is 178 g/mol. The lowest BCUT2D eigenvalue weighted by molar-refractivity contribution is -0.472. The highest BCUT2D eigenvalue weighted by molar-refractivity contribution is 6.74. The lowest BCUT2D eigenvalue weighted by Crippen LogP contribution is -2.39. The number of hydrogen-bond donors (Lipinski definition) is 0. The molecule has 2 nitrogen and oxygen atoms in total. The van der Waals surface area contributed by atoms with E-state index in [0.717, 1.165) is 5.90 Å². The molecule has 0 heterocycles. The summed E-state index contributed by atoms with van der Waals surface area (Å²) in [6.45, 7) is 8.81. The second-order valence-corrected chi connectivity index (χ2v) is 8.45. The molecule has 13 heavy (non-hydrogen) atoms. The van der Waals surface area contributed by atoms with E-state index in [1.165, 1.54) is 18.1 Å². The summed E-state index contributed by atoms with van der Waals surface area (Å²) in [7, 11) is 2.65. The molecule has 0 saturated carbocycles. The van der Waals surface area contributed by atoms with Gasteiger partial charge in [-0.05, 0) is 18.1 Å². The van der Waals surface area contributed by atoms with Gasteiger partial charge in [-0.25, -0.2) is 4.58 Å². The van der Waals surface area contributed by atoms with E-state index in [4.69, 9.17) is 4.43 Å². The highest BCUT2D eigenvalue weighted by atomic mass is 28.4. The Morgan fingerprint density at radius 1 is 1.08 bits per heavy atom. The predicted octanol–water partition coefficient (Wildman–Crippen LogP) is 2.70. The third-order valence-corrected chi connectivity index (χ3v) is 7.52. The van der Waals surface area contributed by atoms with Crippen LogP contribution >= 0.6 is 0 Å². The van der Waals surface area contributed by atoms with Crippen LogP contribution in [0.2, 0.25) is 18.1 Å². The van der Waals surface area contributed by atoms with Crippen molar-refractivity contribution >= 4 is 14.2 Å². The highest BCUT2D eigenvalue weighted by Gasteiger charge is 2.32. The predicted molar refractivity (Wildman–Crippen MR) is 61.1 cm³/mol. The molecule has 0 N–H and O–H groups in total. The molecule has 0 aliphatic rings. The molecule has 0 aliphatic heterocycles. The van der Waals surface area contributed by atoms with Crippen molar-refractivity contribution in [3.05, 3.63) is 0 Å². The molecule has 0 aliphatic carbocycles. The molecular formula is C10H24NOSi+. The van der Waals surface area contributed by atoms with Gasteiger partial charge in [-0.15, -0.1) is 0 Å². The molecule has 78 valence electrons. The van der Waals surface area contributed by atoms with E-state index in [9.17, 15) is 0 Å². The molecule has 0 rings (SSSR count). The summed E-state index contributed by atoms with van der Waals surface area (Å²) in [6.07, 6.45) is 0. The van der Waals surface area contributed by atoms with Crippen molar-refractivity contribution in [2.24, 2.45) is 0 Å². The molecule has 0 saturated heterocycles. The zero-order valence-corrected chi connectivity index (χ0v) is 11.0. The summed E-state index contributed by atoms with van der Waals surface area (Å²) >= 11 is 0. The van der Waals surface area contributed by atoms with Crippen LogP contribution in [-0.4, -0.2) is 32.9 Å². The van der Waals surface area contributed by atoms with Crippen LogP contribution in [0.15, 0.2) is 0 Å². The van der Waals surface area contributed by atoms with E-state index in [1.807, 2.05) is 14.1 Å². The molecule has 0 amide bonds. The van der Waals surface area contributed by atoms with Crippen LogP contribution in [-0.2, 0) is 4.43 Å². The second kappa shape index (κ2) is 5.42. The van der Waals surface area contributed by atoms with Gasteiger partial charge in [0.25, 0.3) is 8.32 Å². The van der Waals surface area contributed by atoms with Crippen LogP contribution in [0.25, 0.3) is 0 Å². The van der Waals surface area contributed by atoms with Gasteiger partial charge in [0.15, 0.2) is 0 Å². The molecule has 0 unspecified atom stereocenters.